The summed E-state index contributed by atoms with van der Waals surface area (Å²) in [4.78, 5) is 31.3. The number of aliphatic hydroxyl groups is 1. The summed E-state index contributed by atoms with van der Waals surface area (Å²) in [6.45, 7) is -0.360. The van der Waals surface area contributed by atoms with E-state index in [0.717, 1.165) is 4.88 Å². The Hall–Kier alpha value is -3.67. The molecule has 0 amide bonds. The molecule has 4 aromatic rings. The molecule has 0 saturated heterocycles. The smallest absolute Gasteiger partial charge is 0.348 e. The minimum Gasteiger partial charge on any atom is -0.493 e. The highest BCUT2D eigenvalue weighted by Crippen LogP contribution is 2.36. The second-order valence-electron chi connectivity index (χ2n) is 9.33. The maximum atomic E-state index is 13.4. The fourth-order valence-electron chi connectivity index (χ4n) is 4.51. The number of pyridine rings is 1. The van der Waals surface area contributed by atoms with Gasteiger partial charge in [0.15, 0.2) is 17.0 Å². The topological polar surface area (TPSA) is 116 Å². The summed E-state index contributed by atoms with van der Waals surface area (Å²) in [5.74, 6) is -0.215. The Morgan fingerprint density at radius 1 is 0.977 bits per heavy atom. The Balaban J connectivity index is 1.58. The van der Waals surface area contributed by atoms with Gasteiger partial charge in [-0.3, -0.25) is 10.3 Å². The standard InChI is InChI=1S/C31H30Cl2N2O7S/c1-39-25-11-9-19(13-27(25)40-2)26(14-22-23(32)16-34-17-24(22)33)42-29(37)28-12-10-21(43-28)15-35-31(18-36,30(38)41-3)20-7-5-4-6-8-20/h4-13,16-17,26,35-36H,14-15,18H2,1-3H3/t26-,31?/m0/s1. The van der Waals surface area contributed by atoms with Crippen molar-refractivity contribution in [2.24, 2.45) is 0 Å². The van der Waals surface area contributed by atoms with Gasteiger partial charge in [-0.2, -0.15) is 0 Å². The van der Waals surface area contributed by atoms with Crippen LogP contribution in [-0.4, -0.2) is 50.0 Å². The fourth-order valence-corrected chi connectivity index (χ4v) is 5.86. The second kappa shape index (κ2) is 14.7. The third-order valence-electron chi connectivity index (χ3n) is 6.84. The van der Waals surface area contributed by atoms with E-state index >= 15 is 0 Å². The first-order valence-corrected chi connectivity index (χ1v) is 14.6. The highest BCUT2D eigenvalue weighted by Gasteiger charge is 2.40. The van der Waals surface area contributed by atoms with E-state index in [-0.39, 0.29) is 13.0 Å². The number of methoxy groups -OCH3 is 3. The zero-order chi connectivity index (χ0) is 31.0. The molecule has 0 aliphatic heterocycles. The van der Waals surface area contributed by atoms with Crippen molar-refractivity contribution in [1.82, 2.24) is 10.3 Å². The summed E-state index contributed by atoms with van der Waals surface area (Å²) in [6.07, 6.45) is 2.35. The van der Waals surface area contributed by atoms with Crippen LogP contribution >= 0.6 is 34.5 Å². The zero-order valence-electron chi connectivity index (χ0n) is 23.6. The van der Waals surface area contributed by atoms with Crippen LogP contribution in [0.5, 0.6) is 11.5 Å². The number of hydrogen-bond acceptors (Lipinski definition) is 10. The van der Waals surface area contributed by atoms with E-state index < -0.39 is 30.2 Å². The van der Waals surface area contributed by atoms with Crippen LogP contribution in [0.2, 0.25) is 10.0 Å². The zero-order valence-corrected chi connectivity index (χ0v) is 26.0. The predicted octanol–water partition coefficient (Wildman–Crippen LogP) is 5.76. The third kappa shape index (κ3) is 7.29. The van der Waals surface area contributed by atoms with Crippen molar-refractivity contribution in [2.45, 2.75) is 24.6 Å². The molecule has 0 fully saturated rings. The summed E-state index contributed by atoms with van der Waals surface area (Å²) >= 11 is 14.0. The lowest BCUT2D eigenvalue weighted by molar-refractivity contribution is -0.151. The molecule has 9 nitrogen and oxygen atoms in total. The van der Waals surface area contributed by atoms with Crippen LogP contribution in [0.4, 0.5) is 0 Å². The van der Waals surface area contributed by atoms with Gasteiger partial charge in [-0.05, 0) is 41.0 Å². The second-order valence-corrected chi connectivity index (χ2v) is 11.3. The van der Waals surface area contributed by atoms with E-state index in [1.54, 1.807) is 54.6 Å². The Labute approximate surface area is 263 Å². The van der Waals surface area contributed by atoms with E-state index in [1.165, 1.54) is 45.1 Å². The molecule has 2 aromatic carbocycles. The SMILES string of the molecule is COC(=O)C(CO)(NCc1ccc(C(=O)O[C@@H](Cc2c(Cl)cncc2Cl)c2ccc(OC)c(OC)c2)s1)c1ccccc1. The molecule has 2 atom stereocenters. The monoisotopic (exact) mass is 644 g/mol. The number of benzene rings is 2. The summed E-state index contributed by atoms with van der Waals surface area (Å²) in [5.41, 5.74) is 0.280. The van der Waals surface area contributed by atoms with Gasteiger partial charge in [-0.1, -0.05) is 59.6 Å². The van der Waals surface area contributed by atoms with E-state index in [2.05, 4.69) is 10.3 Å². The normalized spacial score (nSPS) is 13.1. The third-order valence-corrected chi connectivity index (χ3v) is 8.55. The average Bonchev–Trinajstić information content (AvgIpc) is 3.52. The van der Waals surface area contributed by atoms with Crippen LogP contribution < -0.4 is 14.8 Å². The summed E-state index contributed by atoms with van der Waals surface area (Å²) < 4.78 is 21.8. The van der Waals surface area contributed by atoms with E-state index in [1.807, 2.05) is 6.07 Å². The molecule has 0 aliphatic rings. The molecule has 12 heteroatoms. The number of hydrogen-bond donors (Lipinski definition) is 2. The van der Waals surface area contributed by atoms with Crippen molar-refractivity contribution in [3.05, 3.63) is 110 Å². The van der Waals surface area contributed by atoms with E-state index in [4.69, 9.17) is 42.1 Å². The minimum absolute atomic E-state index is 0.170. The van der Waals surface area contributed by atoms with E-state index in [0.29, 0.717) is 43.1 Å². The largest absolute Gasteiger partial charge is 0.493 e. The summed E-state index contributed by atoms with van der Waals surface area (Å²) in [5, 5.41) is 14.1. The Kier molecular flexibility index (Phi) is 11.0. The number of nitrogens with zero attached hydrogens (tertiary/aromatic N) is 1. The first-order valence-electron chi connectivity index (χ1n) is 13.1. The lowest BCUT2D eigenvalue weighted by atomic mass is 9.90. The summed E-state index contributed by atoms with van der Waals surface area (Å²) in [6, 6.07) is 17.4. The van der Waals surface area contributed by atoms with Gasteiger partial charge in [-0.25, -0.2) is 9.59 Å². The van der Waals surface area contributed by atoms with Crippen LogP contribution in [0.15, 0.2) is 73.1 Å². The molecule has 43 heavy (non-hydrogen) atoms. The number of thiophene rings is 1. The molecule has 0 radical (unpaired) electrons. The van der Waals surface area contributed by atoms with Crippen LogP contribution in [0.1, 0.15) is 37.3 Å². The fraction of sp³-hybridized carbons (Fsp3) is 0.258. The average molecular weight is 646 g/mol. The number of aromatic nitrogens is 1. The van der Waals surface area contributed by atoms with E-state index in [9.17, 15) is 14.7 Å². The number of carbonyl (C=O) groups excluding carboxylic acids is 2. The molecule has 2 N–H and O–H groups in total. The highest BCUT2D eigenvalue weighted by atomic mass is 35.5. The van der Waals surface area contributed by atoms with Crippen molar-refractivity contribution in [1.29, 1.82) is 0 Å². The van der Waals surface area contributed by atoms with Gasteiger partial charge in [0.1, 0.15) is 11.0 Å². The molecule has 0 bridgehead atoms. The van der Waals surface area contributed by atoms with Crippen molar-refractivity contribution in [3.8, 4) is 11.5 Å². The predicted molar refractivity (Wildman–Crippen MR) is 164 cm³/mol. The maximum Gasteiger partial charge on any atom is 0.348 e. The maximum absolute atomic E-state index is 13.4. The van der Waals surface area contributed by atoms with Crippen molar-refractivity contribution >= 4 is 46.5 Å². The number of esters is 2. The molecule has 226 valence electrons. The van der Waals surface area contributed by atoms with Gasteiger partial charge in [0.05, 0.1) is 38.0 Å². The van der Waals surface area contributed by atoms with Crippen LogP contribution in [-0.2, 0) is 32.8 Å². The van der Waals surface area contributed by atoms with Crippen LogP contribution in [0, 0.1) is 0 Å². The lowest BCUT2D eigenvalue weighted by Crippen LogP contribution is -2.52. The Morgan fingerprint density at radius 3 is 2.30 bits per heavy atom. The lowest BCUT2D eigenvalue weighted by Gasteiger charge is -2.30. The molecule has 0 spiro atoms. The first kappa shape index (κ1) is 32.2. The van der Waals surface area contributed by atoms with Crippen molar-refractivity contribution in [3.63, 3.8) is 0 Å². The Bertz CT molecular complexity index is 1550. The molecule has 1 unspecified atom stereocenters. The quantitative estimate of drug-likeness (QED) is 0.175. The van der Waals surface area contributed by atoms with Crippen LogP contribution in [0.25, 0.3) is 0 Å². The van der Waals surface area contributed by atoms with Gasteiger partial charge in [0.2, 0.25) is 0 Å². The molecule has 0 saturated carbocycles. The molecular weight excluding hydrogens is 615 g/mol. The van der Waals surface area contributed by atoms with Gasteiger partial charge in [-0.15, -0.1) is 11.3 Å². The number of carbonyl (C=O) groups is 2. The molecule has 4 rings (SSSR count). The summed E-state index contributed by atoms with van der Waals surface area (Å²) in [7, 11) is 4.31. The highest BCUT2D eigenvalue weighted by molar-refractivity contribution is 7.13. The molecule has 2 aromatic heterocycles. The number of halogens is 2. The van der Waals surface area contributed by atoms with Gasteiger partial charge >= 0.3 is 11.9 Å². The Morgan fingerprint density at radius 2 is 1.67 bits per heavy atom. The van der Waals surface area contributed by atoms with Gasteiger partial charge in [0.25, 0.3) is 0 Å². The first-order chi connectivity index (χ1) is 20.8. The number of rotatable bonds is 13. The minimum atomic E-state index is -1.48. The molecule has 0 aliphatic carbocycles. The van der Waals surface area contributed by atoms with Crippen LogP contribution in [0.3, 0.4) is 0 Å². The van der Waals surface area contributed by atoms with Crippen molar-refractivity contribution < 1.29 is 33.6 Å². The molecular formula is C31H30Cl2N2O7S. The van der Waals surface area contributed by atoms with Gasteiger partial charge in [0, 0.05) is 30.2 Å². The number of aliphatic hydroxyl groups excluding tert-OH is 1. The van der Waals surface area contributed by atoms with Crippen molar-refractivity contribution in [2.75, 3.05) is 27.9 Å². The molecule has 2 heterocycles. The van der Waals surface area contributed by atoms with Gasteiger partial charge < -0.3 is 24.1 Å². The number of ether oxygens (including phenoxy) is 4. The number of nitrogens with one attached hydrogen (secondary N) is 1.